The van der Waals surface area contributed by atoms with Gasteiger partial charge in [-0.15, -0.1) is 0 Å². The molecule has 4 rings (SSSR count). The third kappa shape index (κ3) is 4.33. The molecule has 0 spiro atoms. The van der Waals surface area contributed by atoms with Crippen molar-refractivity contribution >= 4 is 11.8 Å². The molecule has 2 aromatic rings. The average molecular weight is 396 g/mol. The van der Waals surface area contributed by atoms with Crippen LogP contribution in [0, 0.1) is 18.8 Å². The molecular formula is C22H28N4O3. The summed E-state index contributed by atoms with van der Waals surface area (Å²) in [5.74, 6) is 1.15. The fourth-order valence-corrected chi connectivity index (χ4v) is 4.56. The number of piperidine rings is 1. The van der Waals surface area contributed by atoms with Crippen molar-refractivity contribution in [2.24, 2.45) is 11.8 Å². The molecule has 2 aliphatic heterocycles. The number of rotatable bonds is 4. The maximum absolute atomic E-state index is 13.3. The summed E-state index contributed by atoms with van der Waals surface area (Å²) in [7, 11) is 0. The summed E-state index contributed by atoms with van der Waals surface area (Å²) in [6, 6.07) is 10.5. The van der Waals surface area contributed by atoms with Crippen molar-refractivity contribution in [3.05, 3.63) is 47.6 Å². The molecule has 29 heavy (non-hydrogen) atoms. The highest BCUT2D eigenvalue weighted by Gasteiger charge is 2.44. The number of aromatic nitrogens is 2. The molecule has 0 bridgehead atoms. The van der Waals surface area contributed by atoms with Crippen LogP contribution in [0.3, 0.4) is 0 Å². The lowest BCUT2D eigenvalue weighted by atomic mass is 9.88. The monoisotopic (exact) mass is 396 g/mol. The molecule has 2 aliphatic rings. The first-order valence-electron chi connectivity index (χ1n) is 10.4. The Morgan fingerprint density at radius 2 is 1.83 bits per heavy atom. The molecule has 1 aromatic heterocycles. The molecule has 0 aliphatic carbocycles. The van der Waals surface area contributed by atoms with Crippen molar-refractivity contribution in [2.75, 3.05) is 26.2 Å². The minimum Gasteiger partial charge on any atom is -0.342 e. The highest BCUT2D eigenvalue weighted by atomic mass is 16.5. The van der Waals surface area contributed by atoms with Crippen LogP contribution >= 0.6 is 0 Å². The number of carbonyl (C=O) groups is 2. The van der Waals surface area contributed by atoms with E-state index in [0.29, 0.717) is 30.7 Å². The number of aryl methyl sites for hydroxylation is 1. The summed E-state index contributed by atoms with van der Waals surface area (Å²) >= 11 is 0. The van der Waals surface area contributed by atoms with Crippen LogP contribution in [0.25, 0.3) is 0 Å². The van der Waals surface area contributed by atoms with Gasteiger partial charge in [0.15, 0.2) is 5.82 Å². The van der Waals surface area contributed by atoms with E-state index in [0.717, 1.165) is 32.4 Å². The van der Waals surface area contributed by atoms with Gasteiger partial charge in [-0.3, -0.25) is 9.59 Å². The molecule has 2 atom stereocenters. The Labute approximate surface area is 171 Å². The van der Waals surface area contributed by atoms with Crippen LogP contribution in [0.5, 0.6) is 0 Å². The predicted octanol–water partition coefficient (Wildman–Crippen LogP) is 2.42. The van der Waals surface area contributed by atoms with E-state index >= 15 is 0 Å². The van der Waals surface area contributed by atoms with Gasteiger partial charge in [-0.05, 0) is 37.7 Å². The highest BCUT2D eigenvalue weighted by Crippen LogP contribution is 2.34. The summed E-state index contributed by atoms with van der Waals surface area (Å²) in [6.07, 6.45) is 3.08. The fraction of sp³-hybridized carbons (Fsp3) is 0.545. The number of nitrogens with zero attached hydrogens (tertiary/aromatic N) is 4. The Hall–Kier alpha value is -2.70. The molecule has 7 nitrogen and oxygen atoms in total. The van der Waals surface area contributed by atoms with E-state index in [1.165, 1.54) is 12.5 Å². The lowest BCUT2D eigenvalue weighted by molar-refractivity contribution is -0.137. The van der Waals surface area contributed by atoms with Crippen molar-refractivity contribution in [3.63, 3.8) is 0 Å². The van der Waals surface area contributed by atoms with Crippen LogP contribution < -0.4 is 0 Å². The number of carbonyl (C=O) groups excluding carboxylic acids is 2. The Morgan fingerprint density at radius 3 is 2.45 bits per heavy atom. The SMILES string of the molecule is CC(=O)N1C[C@@H](C(=O)N2CCC(Cc3ccccc3)CC2)[C@H](c2nc(C)no2)C1. The van der Waals surface area contributed by atoms with Gasteiger partial charge in [0.2, 0.25) is 17.7 Å². The predicted molar refractivity (Wildman–Crippen MR) is 107 cm³/mol. The second kappa shape index (κ2) is 8.35. The first-order chi connectivity index (χ1) is 14.0. The van der Waals surface area contributed by atoms with Gasteiger partial charge in [-0.2, -0.15) is 4.98 Å². The van der Waals surface area contributed by atoms with E-state index in [9.17, 15) is 9.59 Å². The second-order valence-corrected chi connectivity index (χ2v) is 8.28. The molecule has 154 valence electrons. The van der Waals surface area contributed by atoms with Crippen LogP contribution in [0.15, 0.2) is 34.9 Å². The Kier molecular flexibility index (Phi) is 5.65. The molecule has 0 N–H and O–H groups in total. The lowest BCUT2D eigenvalue weighted by Crippen LogP contribution is -2.44. The second-order valence-electron chi connectivity index (χ2n) is 8.28. The number of likely N-dealkylation sites (tertiary alicyclic amines) is 2. The van der Waals surface area contributed by atoms with Gasteiger partial charge >= 0.3 is 0 Å². The maximum atomic E-state index is 13.3. The summed E-state index contributed by atoms with van der Waals surface area (Å²) in [4.78, 5) is 33.3. The zero-order valence-corrected chi connectivity index (χ0v) is 17.1. The molecule has 0 unspecified atom stereocenters. The maximum Gasteiger partial charge on any atom is 0.232 e. The highest BCUT2D eigenvalue weighted by molar-refractivity contribution is 5.82. The van der Waals surface area contributed by atoms with E-state index in [1.54, 1.807) is 11.8 Å². The van der Waals surface area contributed by atoms with E-state index < -0.39 is 0 Å². The standard InChI is InChI=1S/C22H28N4O3/c1-15-23-21(29-24-15)19-13-26(16(2)27)14-20(19)22(28)25-10-8-18(9-11-25)12-17-6-4-3-5-7-17/h3-7,18-20H,8-14H2,1-2H3/t19-,20-/m1/s1. The molecule has 2 fully saturated rings. The van der Waals surface area contributed by atoms with Crippen molar-refractivity contribution in [1.82, 2.24) is 19.9 Å². The molecule has 1 aromatic carbocycles. The van der Waals surface area contributed by atoms with Gasteiger partial charge in [-0.25, -0.2) is 0 Å². The quantitative estimate of drug-likeness (QED) is 0.793. The Morgan fingerprint density at radius 1 is 1.10 bits per heavy atom. The number of hydrogen-bond acceptors (Lipinski definition) is 5. The summed E-state index contributed by atoms with van der Waals surface area (Å²) < 4.78 is 5.36. The van der Waals surface area contributed by atoms with Gasteiger partial charge in [0.25, 0.3) is 0 Å². The first-order valence-corrected chi connectivity index (χ1v) is 10.4. The van der Waals surface area contributed by atoms with Crippen molar-refractivity contribution in [3.8, 4) is 0 Å². The molecular weight excluding hydrogens is 368 g/mol. The largest absolute Gasteiger partial charge is 0.342 e. The Bertz CT molecular complexity index is 858. The smallest absolute Gasteiger partial charge is 0.232 e. The van der Waals surface area contributed by atoms with Gasteiger partial charge in [0.05, 0.1) is 11.8 Å². The van der Waals surface area contributed by atoms with Crippen molar-refractivity contribution < 1.29 is 14.1 Å². The molecule has 0 saturated carbocycles. The van der Waals surface area contributed by atoms with Crippen molar-refractivity contribution in [2.45, 2.75) is 39.0 Å². The number of amides is 2. The van der Waals surface area contributed by atoms with Crippen LogP contribution in [-0.2, 0) is 16.0 Å². The van der Waals surface area contributed by atoms with E-state index in [4.69, 9.17) is 4.52 Å². The summed E-state index contributed by atoms with van der Waals surface area (Å²) in [6.45, 7) is 5.71. The van der Waals surface area contributed by atoms with Crippen LogP contribution in [-0.4, -0.2) is 57.9 Å². The zero-order chi connectivity index (χ0) is 20.4. The van der Waals surface area contributed by atoms with Gasteiger partial charge in [0.1, 0.15) is 0 Å². The van der Waals surface area contributed by atoms with Crippen LogP contribution in [0.2, 0.25) is 0 Å². The first kappa shape index (κ1) is 19.6. The molecule has 0 radical (unpaired) electrons. The van der Waals surface area contributed by atoms with Crippen LogP contribution in [0.4, 0.5) is 0 Å². The van der Waals surface area contributed by atoms with Gasteiger partial charge < -0.3 is 14.3 Å². The molecule has 7 heteroatoms. The van der Waals surface area contributed by atoms with Gasteiger partial charge in [0, 0.05) is 33.1 Å². The van der Waals surface area contributed by atoms with Crippen molar-refractivity contribution in [1.29, 1.82) is 0 Å². The minimum atomic E-state index is -0.315. The lowest BCUT2D eigenvalue weighted by Gasteiger charge is -2.34. The Balaban J connectivity index is 1.40. The number of benzene rings is 1. The third-order valence-electron chi connectivity index (χ3n) is 6.24. The third-order valence-corrected chi connectivity index (χ3v) is 6.24. The average Bonchev–Trinajstić information content (AvgIpc) is 3.35. The van der Waals surface area contributed by atoms with E-state index in [-0.39, 0.29) is 23.7 Å². The molecule has 2 amide bonds. The normalized spacial score (nSPS) is 22.8. The summed E-state index contributed by atoms with van der Waals surface area (Å²) in [5.41, 5.74) is 1.36. The van der Waals surface area contributed by atoms with Gasteiger partial charge in [-0.1, -0.05) is 35.5 Å². The topological polar surface area (TPSA) is 79.5 Å². The van der Waals surface area contributed by atoms with E-state index in [1.807, 2.05) is 11.0 Å². The summed E-state index contributed by atoms with van der Waals surface area (Å²) in [5, 5.41) is 3.87. The minimum absolute atomic E-state index is 0.0249. The molecule has 2 saturated heterocycles. The van der Waals surface area contributed by atoms with E-state index in [2.05, 4.69) is 34.4 Å². The number of hydrogen-bond donors (Lipinski definition) is 0. The zero-order valence-electron chi connectivity index (χ0n) is 17.1. The fourth-order valence-electron chi connectivity index (χ4n) is 4.56. The van der Waals surface area contributed by atoms with Crippen LogP contribution in [0.1, 0.15) is 43.0 Å². The molecule has 3 heterocycles.